The highest BCUT2D eigenvalue weighted by molar-refractivity contribution is 9.10. The Balaban J connectivity index is 2.13. The molecule has 0 aliphatic carbocycles. The van der Waals surface area contributed by atoms with E-state index in [2.05, 4.69) is 27.5 Å². The first-order valence-corrected chi connectivity index (χ1v) is 8.44. The van der Waals surface area contributed by atoms with Crippen LogP contribution in [0.5, 0.6) is 0 Å². The summed E-state index contributed by atoms with van der Waals surface area (Å²) in [6.45, 7) is 4.22. The van der Waals surface area contributed by atoms with Crippen LogP contribution in [0.15, 0.2) is 64.6 Å². The van der Waals surface area contributed by atoms with Gasteiger partial charge in [-0.15, -0.1) is 6.58 Å². The molecule has 2 aromatic carbocycles. The van der Waals surface area contributed by atoms with E-state index in [0.29, 0.717) is 16.9 Å². The van der Waals surface area contributed by atoms with Gasteiger partial charge in [0.15, 0.2) is 4.80 Å². The number of amides is 1. The van der Waals surface area contributed by atoms with Gasteiger partial charge in [-0.3, -0.25) is 4.79 Å². The van der Waals surface area contributed by atoms with Gasteiger partial charge >= 0.3 is 0 Å². The molecule has 6 heteroatoms. The van der Waals surface area contributed by atoms with Crippen LogP contribution < -0.4 is 4.80 Å². The van der Waals surface area contributed by atoms with Crippen LogP contribution in [0.2, 0.25) is 0 Å². The minimum absolute atomic E-state index is 0.310. The molecular formula is C17H12BrFN2OS. The van der Waals surface area contributed by atoms with Crippen molar-refractivity contribution >= 4 is 43.4 Å². The molecule has 0 unspecified atom stereocenters. The van der Waals surface area contributed by atoms with Crippen LogP contribution in [0.4, 0.5) is 4.39 Å². The average Bonchev–Trinajstić information content (AvgIpc) is 2.85. The van der Waals surface area contributed by atoms with Gasteiger partial charge in [0.1, 0.15) is 5.82 Å². The number of carbonyl (C=O) groups excluding carboxylic acids is 1. The maximum Gasteiger partial charge on any atom is 0.279 e. The fourth-order valence-electron chi connectivity index (χ4n) is 2.18. The number of benzene rings is 2. The molecule has 3 nitrogen and oxygen atoms in total. The van der Waals surface area contributed by atoms with Gasteiger partial charge in [-0.2, -0.15) is 4.99 Å². The van der Waals surface area contributed by atoms with Crippen molar-refractivity contribution in [2.45, 2.75) is 6.54 Å². The fraction of sp³-hybridized carbons (Fsp3) is 0.0588. The third kappa shape index (κ3) is 3.33. The molecule has 0 radical (unpaired) electrons. The number of carbonyl (C=O) groups is 1. The predicted octanol–water partition coefficient (Wildman–Crippen LogP) is 4.53. The first-order valence-electron chi connectivity index (χ1n) is 6.83. The van der Waals surface area contributed by atoms with Crippen LogP contribution in [0.3, 0.4) is 0 Å². The quantitative estimate of drug-likeness (QED) is 0.604. The maximum absolute atomic E-state index is 13.4. The first-order chi connectivity index (χ1) is 11.1. The van der Waals surface area contributed by atoms with Crippen molar-refractivity contribution in [1.29, 1.82) is 0 Å². The van der Waals surface area contributed by atoms with Crippen LogP contribution >= 0.6 is 27.3 Å². The summed E-state index contributed by atoms with van der Waals surface area (Å²) >= 11 is 4.62. The number of nitrogens with zero attached hydrogens (tertiary/aromatic N) is 2. The topological polar surface area (TPSA) is 34.4 Å². The Labute approximate surface area is 144 Å². The van der Waals surface area contributed by atoms with E-state index in [1.807, 2.05) is 4.57 Å². The summed E-state index contributed by atoms with van der Waals surface area (Å²) in [6.07, 6.45) is 1.72. The Morgan fingerprint density at radius 1 is 1.30 bits per heavy atom. The number of hydrogen-bond donors (Lipinski definition) is 0. The third-order valence-corrected chi connectivity index (χ3v) is 4.81. The zero-order valence-corrected chi connectivity index (χ0v) is 14.4. The molecular weight excluding hydrogens is 379 g/mol. The van der Waals surface area contributed by atoms with E-state index in [0.717, 1.165) is 14.7 Å². The second-order valence-corrected chi connectivity index (χ2v) is 6.74. The molecule has 0 bridgehead atoms. The smallest absolute Gasteiger partial charge is 0.279 e. The van der Waals surface area contributed by atoms with Gasteiger partial charge in [0.25, 0.3) is 5.91 Å². The Hall–Kier alpha value is -2.05. The van der Waals surface area contributed by atoms with Crippen LogP contribution in [0, 0.1) is 5.82 Å². The minimum atomic E-state index is -0.331. The lowest BCUT2D eigenvalue weighted by Crippen LogP contribution is -2.16. The molecule has 0 N–H and O–H groups in total. The molecule has 1 aromatic heterocycles. The number of rotatable bonds is 3. The molecule has 3 rings (SSSR count). The van der Waals surface area contributed by atoms with Gasteiger partial charge in [-0.1, -0.05) is 33.3 Å². The summed E-state index contributed by atoms with van der Waals surface area (Å²) in [5.74, 6) is -0.641. The molecule has 1 amide bonds. The lowest BCUT2D eigenvalue weighted by molar-refractivity contribution is 0.0998. The van der Waals surface area contributed by atoms with Gasteiger partial charge in [-0.05, 0) is 42.5 Å². The van der Waals surface area contributed by atoms with Crippen molar-refractivity contribution in [3.63, 3.8) is 0 Å². The van der Waals surface area contributed by atoms with Crippen molar-refractivity contribution < 1.29 is 9.18 Å². The Morgan fingerprint density at radius 2 is 2.04 bits per heavy atom. The number of allylic oxidation sites excluding steroid dienone is 1. The molecule has 0 spiro atoms. The van der Waals surface area contributed by atoms with E-state index >= 15 is 0 Å². The maximum atomic E-state index is 13.4. The predicted molar refractivity (Wildman–Crippen MR) is 94.0 cm³/mol. The van der Waals surface area contributed by atoms with Crippen molar-refractivity contribution in [2.75, 3.05) is 0 Å². The van der Waals surface area contributed by atoms with Gasteiger partial charge in [0, 0.05) is 16.6 Å². The molecule has 0 aliphatic rings. The SMILES string of the molecule is C=CCn1c(=NC(=O)c2ccc(Br)cc2)sc2cc(F)ccc21. The molecule has 0 fully saturated rings. The zero-order valence-electron chi connectivity index (χ0n) is 12.0. The monoisotopic (exact) mass is 390 g/mol. The summed E-state index contributed by atoms with van der Waals surface area (Å²) < 4.78 is 16.9. The summed E-state index contributed by atoms with van der Waals surface area (Å²) in [5.41, 5.74) is 1.33. The standard InChI is InChI=1S/C17H12BrFN2OS/c1-2-9-21-14-8-7-13(19)10-15(14)23-17(21)20-16(22)11-3-5-12(18)6-4-11/h2-8,10H,1,9H2. The second kappa shape index (κ2) is 6.60. The second-order valence-electron chi connectivity index (χ2n) is 4.82. The van der Waals surface area contributed by atoms with E-state index in [1.54, 1.807) is 36.4 Å². The molecule has 0 saturated heterocycles. The molecule has 1 heterocycles. The lowest BCUT2D eigenvalue weighted by atomic mass is 10.2. The van der Waals surface area contributed by atoms with E-state index in [4.69, 9.17) is 0 Å². The van der Waals surface area contributed by atoms with Crippen LogP contribution in [-0.4, -0.2) is 10.5 Å². The first kappa shape index (κ1) is 15.8. The Morgan fingerprint density at radius 3 is 2.74 bits per heavy atom. The highest BCUT2D eigenvalue weighted by Crippen LogP contribution is 2.19. The lowest BCUT2D eigenvalue weighted by Gasteiger charge is -2.00. The molecule has 116 valence electrons. The fourth-order valence-corrected chi connectivity index (χ4v) is 3.51. The van der Waals surface area contributed by atoms with E-state index in [9.17, 15) is 9.18 Å². The molecule has 0 atom stereocenters. The number of halogens is 2. The Kier molecular flexibility index (Phi) is 4.54. The highest BCUT2D eigenvalue weighted by atomic mass is 79.9. The molecule has 0 saturated carbocycles. The Bertz CT molecular complexity index is 957. The van der Waals surface area contributed by atoms with Gasteiger partial charge in [0.05, 0.1) is 10.2 Å². The van der Waals surface area contributed by atoms with E-state index in [1.165, 1.54) is 23.5 Å². The summed E-state index contributed by atoms with van der Waals surface area (Å²) in [7, 11) is 0. The van der Waals surface area contributed by atoms with Crippen LogP contribution in [0.1, 0.15) is 10.4 Å². The van der Waals surface area contributed by atoms with Crippen molar-refractivity contribution in [3.8, 4) is 0 Å². The molecule has 0 aliphatic heterocycles. The van der Waals surface area contributed by atoms with Gasteiger partial charge < -0.3 is 4.57 Å². The highest BCUT2D eigenvalue weighted by Gasteiger charge is 2.09. The molecule has 3 aromatic rings. The third-order valence-electron chi connectivity index (χ3n) is 3.24. The number of hydrogen-bond acceptors (Lipinski definition) is 2. The number of aromatic nitrogens is 1. The summed E-state index contributed by atoms with van der Waals surface area (Å²) in [6, 6.07) is 11.5. The van der Waals surface area contributed by atoms with Gasteiger partial charge in [0.2, 0.25) is 0 Å². The van der Waals surface area contributed by atoms with Gasteiger partial charge in [-0.25, -0.2) is 4.39 Å². The van der Waals surface area contributed by atoms with Crippen LogP contribution in [-0.2, 0) is 6.54 Å². The van der Waals surface area contributed by atoms with E-state index in [-0.39, 0.29) is 11.7 Å². The van der Waals surface area contributed by atoms with Crippen LogP contribution in [0.25, 0.3) is 10.2 Å². The average molecular weight is 391 g/mol. The van der Waals surface area contributed by atoms with Crippen molar-refractivity contribution in [1.82, 2.24) is 4.57 Å². The number of thiazole rings is 1. The summed E-state index contributed by atoms with van der Waals surface area (Å²) in [5, 5.41) is 0. The zero-order chi connectivity index (χ0) is 16.4. The largest absolute Gasteiger partial charge is 0.312 e. The molecule has 23 heavy (non-hydrogen) atoms. The van der Waals surface area contributed by atoms with E-state index < -0.39 is 0 Å². The normalized spacial score (nSPS) is 11.8. The minimum Gasteiger partial charge on any atom is -0.312 e. The summed E-state index contributed by atoms with van der Waals surface area (Å²) in [4.78, 5) is 17.1. The van der Waals surface area contributed by atoms with Crippen molar-refractivity contribution in [2.24, 2.45) is 4.99 Å². The van der Waals surface area contributed by atoms with Crippen molar-refractivity contribution in [3.05, 3.63) is 75.8 Å². The number of fused-ring (bicyclic) bond motifs is 1.